The Bertz CT molecular complexity index is 637. The Morgan fingerprint density at radius 2 is 1.89 bits per heavy atom. The van der Waals surface area contributed by atoms with Gasteiger partial charge in [0, 0.05) is 0 Å². The number of carbonyl (C=O) groups is 1. The fourth-order valence-electron chi connectivity index (χ4n) is 2.20. The minimum atomic E-state index is -0.371. The summed E-state index contributed by atoms with van der Waals surface area (Å²) >= 11 is 0. The Balaban J connectivity index is 1.95. The molecular weight excluding hydrogens is 242 g/mol. The highest BCUT2D eigenvalue weighted by Crippen LogP contribution is 2.34. The van der Waals surface area contributed by atoms with Gasteiger partial charge < -0.3 is 4.74 Å². The van der Waals surface area contributed by atoms with Crippen LogP contribution in [-0.4, -0.2) is 13.6 Å². The summed E-state index contributed by atoms with van der Waals surface area (Å²) in [5, 5.41) is 0. The Morgan fingerprint density at radius 1 is 1.16 bits per heavy atom. The highest BCUT2D eigenvalue weighted by Gasteiger charge is 2.27. The normalized spacial score (nSPS) is 17.7. The van der Waals surface area contributed by atoms with E-state index >= 15 is 0 Å². The van der Waals surface area contributed by atoms with E-state index in [-0.39, 0.29) is 24.1 Å². The molecule has 0 N–H and O–H groups in total. The largest absolute Gasteiger partial charge is 0.484 e. The maximum Gasteiger partial charge on any atom is 0.170 e. The summed E-state index contributed by atoms with van der Waals surface area (Å²) in [5.41, 5.74) is 1.84. The second kappa shape index (κ2) is 4.54. The van der Waals surface area contributed by atoms with Gasteiger partial charge in [0.2, 0.25) is 0 Å². The topological polar surface area (TPSA) is 26.3 Å². The molecule has 1 aliphatic heterocycles. The molecule has 0 aromatic heterocycles. The van der Waals surface area contributed by atoms with Crippen molar-refractivity contribution in [1.82, 2.24) is 0 Å². The zero-order chi connectivity index (χ0) is 13.4. The molecule has 4 heteroatoms. The van der Waals surface area contributed by atoms with Crippen molar-refractivity contribution in [2.75, 3.05) is 0 Å². The lowest BCUT2D eigenvalue weighted by molar-refractivity contribution is 0.0850. The van der Waals surface area contributed by atoms with Crippen LogP contribution in [0.2, 0.25) is 0 Å². The van der Waals surface area contributed by atoms with E-state index in [0.717, 1.165) is 5.56 Å². The number of ether oxygens (including phenoxy) is 1. The third kappa shape index (κ3) is 2.26. The maximum atomic E-state index is 12.9. The number of hydrogen-bond acceptors (Lipinski definition) is 2. The van der Waals surface area contributed by atoms with Crippen LogP contribution in [0.15, 0.2) is 42.5 Å². The molecule has 3 rings (SSSR count). The lowest BCUT2D eigenvalue weighted by Gasteiger charge is -2.25. The molecule has 2 radical (unpaired) electrons. The predicted octanol–water partition coefficient (Wildman–Crippen LogP) is 2.33. The van der Waals surface area contributed by atoms with Gasteiger partial charge in [0.15, 0.2) is 5.78 Å². The van der Waals surface area contributed by atoms with Gasteiger partial charge in [-0.25, -0.2) is 4.39 Å². The van der Waals surface area contributed by atoms with E-state index in [9.17, 15) is 9.18 Å². The van der Waals surface area contributed by atoms with E-state index in [0.29, 0.717) is 16.8 Å². The number of Topliss-reactive ketones (excluding diaryl/α,β-unsaturated/α-hetero) is 1. The molecular formula is C15H10BFO2. The maximum absolute atomic E-state index is 12.9. The molecule has 2 nitrogen and oxygen atoms in total. The van der Waals surface area contributed by atoms with Crippen molar-refractivity contribution in [3.05, 3.63) is 59.4 Å². The monoisotopic (exact) mass is 252 g/mol. The molecule has 1 atom stereocenters. The summed E-state index contributed by atoms with van der Waals surface area (Å²) < 4.78 is 18.7. The minimum Gasteiger partial charge on any atom is -0.484 e. The molecule has 0 amide bonds. The van der Waals surface area contributed by atoms with Crippen LogP contribution in [-0.2, 0) is 0 Å². The zero-order valence-electron chi connectivity index (χ0n) is 10.1. The number of carbonyl (C=O) groups excluding carboxylic acids is 1. The smallest absolute Gasteiger partial charge is 0.170 e. The highest BCUT2D eigenvalue weighted by atomic mass is 19.1. The van der Waals surface area contributed by atoms with E-state index < -0.39 is 0 Å². The molecule has 1 aliphatic rings. The van der Waals surface area contributed by atoms with Crippen LogP contribution < -0.4 is 10.2 Å². The molecule has 1 heterocycles. The molecule has 19 heavy (non-hydrogen) atoms. The molecule has 2 aromatic rings. The van der Waals surface area contributed by atoms with Crippen LogP contribution in [0.3, 0.4) is 0 Å². The predicted molar refractivity (Wildman–Crippen MR) is 70.5 cm³/mol. The second-order valence-electron chi connectivity index (χ2n) is 4.54. The van der Waals surface area contributed by atoms with Gasteiger partial charge in [-0.15, -0.1) is 0 Å². The number of fused-ring (bicyclic) bond motifs is 1. The Kier molecular flexibility index (Phi) is 2.86. The molecule has 0 saturated carbocycles. The lowest BCUT2D eigenvalue weighted by Crippen LogP contribution is -2.22. The molecule has 0 fully saturated rings. The summed E-state index contributed by atoms with van der Waals surface area (Å²) in [6.07, 6.45) is -0.133. The lowest BCUT2D eigenvalue weighted by atomic mass is 9.89. The quantitative estimate of drug-likeness (QED) is 0.728. The van der Waals surface area contributed by atoms with Crippen LogP contribution in [0.1, 0.15) is 28.4 Å². The van der Waals surface area contributed by atoms with E-state index in [4.69, 9.17) is 12.6 Å². The average Bonchev–Trinajstić information content (AvgIpc) is 2.40. The first-order valence-corrected chi connectivity index (χ1v) is 5.98. The summed E-state index contributed by atoms with van der Waals surface area (Å²) in [6.45, 7) is 0. The Labute approximate surface area is 111 Å². The van der Waals surface area contributed by atoms with Crippen molar-refractivity contribution in [2.24, 2.45) is 0 Å². The van der Waals surface area contributed by atoms with Crippen molar-refractivity contribution >= 4 is 19.1 Å². The molecule has 0 bridgehead atoms. The second-order valence-corrected chi connectivity index (χ2v) is 4.54. The molecule has 2 aromatic carbocycles. The van der Waals surface area contributed by atoms with Gasteiger partial charge in [-0.3, -0.25) is 4.79 Å². The van der Waals surface area contributed by atoms with Gasteiger partial charge in [0.05, 0.1) is 12.0 Å². The van der Waals surface area contributed by atoms with Gasteiger partial charge in [-0.2, -0.15) is 0 Å². The van der Waals surface area contributed by atoms with Crippen LogP contribution in [0.25, 0.3) is 0 Å². The molecule has 1 unspecified atom stereocenters. The Hall–Kier alpha value is -2.10. The first kappa shape index (κ1) is 12.0. The standard InChI is InChI=1S/C15H10BFO2/c16-10-3-6-14-12(7-10)13(18)8-15(19-14)9-1-4-11(17)5-2-9/h1-7,15H,8H2. The summed E-state index contributed by atoms with van der Waals surface area (Å²) in [4.78, 5) is 12.1. The first-order chi connectivity index (χ1) is 9.13. The van der Waals surface area contributed by atoms with Crippen molar-refractivity contribution in [1.29, 1.82) is 0 Å². The molecule has 0 aliphatic carbocycles. The first-order valence-electron chi connectivity index (χ1n) is 5.98. The van der Waals surface area contributed by atoms with Gasteiger partial charge in [-0.05, 0) is 23.8 Å². The van der Waals surface area contributed by atoms with Crippen LogP contribution in [0.4, 0.5) is 4.39 Å². The van der Waals surface area contributed by atoms with Crippen molar-refractivity contribution in [3.63, 3.8) is 0 Å². The number of halogens is 1. The van der Waals surface area contributed by atoms with Crippen LogP contribution >= 0.6 is 0 Å². The van der Waals surface area contributed by atoms with E-state index in [2.05, 4.69) is 0 Å². The van der Waals surface area contributed by atoms with Crippen molar-refractivity contribution in [2.45, 2.75) is 12.5 Å². The zero-order valence-corrected chi connectivity index (χ0v) is 10.1. The van der Waals surface area contributed by atoms with E-state index in [1.807, 2.05) is 0 Å². The minimum absolute atomic E-state index is 0.0112. The summed E-state index contributed by atoms with van der Waals surface area (Å²) in [7, 11) is 5.66. The number of rotatable bonds is 1. The fraction of sp³-hybridized carbons (Fsp3) is 0.133. The van der Waals surface area contributed by atoms with Crippen molar-refractivity contribution in [3.8, 4) is 5.75 Å². The van der Waals surface area contributed by atoms with E-state index in [1.54, 1.807) is 30.3 Å². The van der Waals surface area contributed by atoms with Gasteiger partial charge in [0.1, 0.15) is 25.5 Å². The van der Waals surface area contributed by atoms with Gasteiger partial charge >= 0.3 is 0 Å². The van der Waals surface area contributed by atoms with Gasteiger partial charge in [0.25, 0.3) is 0 Å². The average molecular weight is 252 g/mol. The highest BCUT2D eigenvalue weighted by molar-refractivity contribution is 6.32. The third-order valence-electron chi connectivity index (χ3n) is 3.19. The number of ketones is 1. The molecule has 92 valence electrons. The molecule has 0 saturated heterocycles. The number of hydrogen-bond donors (Lipinski definition) is 0. The number of benzene rings is 2. The van der Waals surface area contributed by atoms with Crippen LogP contribution in [0, 0.1) is 5.82 Å². The summed E-state index contributed by atoms with van der Waals surface area (Å²) in [5.74, 6) is 0.210. The molecule has 0 spiro atoms. The summed E-state index contributed by atoms with van der Waals surface area (Å²) in [6, 6.07) is 11.0. The van der Waals surface area contributed by atoms with Crippen LogP contribution in [0.5, 0.6) is 5.75 Å². The van der Waals surface area contributed by atoms with E-state index in [1.165, 1.54) is 12.1 Å². The third-order valence-corrected chi connectivity index (χ3v) is 3.19. The fourth-order valence-corrected chi connectivity index (χ4v) is 2.20. The Morgan fingerprint density at radius 3 is 2.63 bits per heavy atom. The van der Waals surface area contributed by atoms with Crippen molar-refractivity contribution < 1.29 is 13.9 Å². The SMILES string of the molecule is [B]c1ccc2c(c1)C(=O)CC(c1ccc(F)cc1)O2. The van der Waals surface area contributed by atoms with Gasteiger partial charge in [-0.1, -0.05) is 29.7 Å².